The van der Waals surface area contributed by atoms with Gasteiger partial charge in [-0.15, -0.1) is 0 Å². The number of ether oxygens (including phenoxy) is 1. The molecule has 0 aliphatic rings. The summed E-state index contributed by atoms with van der Waals surface area (Å²) in [6.07, 6.45) is 0. The Balaban J connectivity index is 1.88. The van der Waals surface area contributed by atoms with E-state index >= 15 is 0 Å². The molecule has 9 nitrogen and oxygen atoms in total. The molecule has 3 rings (SSSR count). The number of primary sulfonamides is 1. The number of rotatable bonds is 7. The maximum absolute atomic E-state index is 12.8. The smallest absolute Gasteiger partial charge is 0.261 e. The molecule has 3 aromatic carbocycles. The van der Waals surface area contributed by atoms with E-state index in [2.05, 4.69) is 10.0 Å². The fourth-order valence-electron chi connectivity index (χ4n) is 2.70. The minimum atomic E-state index is -4.07. The van der Waals surface area contributed by atoms with Crippen molar-refractivity contribution in [3.05, 3.63) is 77.3 Å². The molecule has 0 bridgehead atoms. The van der Waals surface area contributed by atoms with Crippen molar-refractivity contribution < 1.29 is 26.4 Å². The molecule has 1 amide bonds. The van der Waals surface area contributed by atoms with Crippen LogP contribution >= 0.6 is 11.6 Å². The van der Waals surface area contributed by atoms with Crippen LogP contribution in [0.1, 0.15) is 10.4 Å². The first-order valence-electron chi connectivity index (χ1n) is 8.90. The van der Waals surface area contributed by atoms with Crippen LogP contribution in [0.25, 0.3) is 0 Å². The Labute approximate surface area is 190 Å². The molecule has 0 fully saturated rings. The molecule has 0 radical (unpaired) electrons. The standard InChI is InChI=1S/C20H18ClN3O6S2/c1-30-19-10-9-17(12-18(19)23-20(25)13-3-2-4-14(21)11-13)32(28,29)24-15-5-7-16(8-6-15)31(22,26)27/h2-12,24H,1H3,(H,23,25)(H2,22,26,27). The van der Waals surface area contributed by atoms with Crippen LogP contribution in [0.2, 0.25) is 5.02 Å². The zero-order valence-electron chi connectivity index (χ0n) is 16.6. The van der Waals surface area contributed by atoms with Gasteiger partial charge < -0.3 is 10.1 Å². The van der Waals surface area contributed by atoms with E-state index in [1.807, 2.05) is 0 Å². The van der Waals surface area contributed by atoms with E-state index in [0.29, 0.717) is 5.02 Å². The highest BCUT2D eigenvalue weighted by Gasteiger charge is 2.19. The summed E-state index contributed by atoms with van der Waals surface area (Å²) in [4.78, 5) is 12.2. The molecule has 0 atom stereocenters. The van der Waals surface area contributed by atoms with Crippen LogP contribution in [0.15, 0.2) is 76.5 Å². The lowest BCUT2D eigenvalue weighted by Crippen LogP contribution is -2.16. The maximum atomic E-state index is 12.8. The number of carbonyl (C=O) groups excluding carboxylic acids is 1. The number of hydrogen-bond acceptors (Lipinski definition) is 6. The Morgan fingerprint density at radius 1 is 0.938 bits per heavy atom. The summed E-state index contributed by atoms with van der Waals surface area (Å²) in [7, 11) is -6.60. The van der Waals surface area contributed by atoms with E-state index in [9.17, 15) is 21.6 Å². The van der Waals surface area contributed by atoms with Crippen LogP contribution in [0.4, 0.5) is 11.4 Å². The molecule has 3 aromatic rings. The average Bonchev–Trinajstić information content (AvgIpc) is 2.73. The van der Waals surface area contributed by atoms with Gasteiger partial charge in [0.25, 0.3) is 15.9 Å². The van der Waals surface area contributed by atoms with Crippen molar-refractivity contribution in [1.29, 1.82) is 0 Å². The lowest BCUT2D eigenvalue weighted by atomic mass is 10.2. The Morgan fingerprint density at radius 3 is 2.19 bits per heavy atom. The van der Waals surface area contributed by atoms with E-state index in [0.717, 1.165) is 0 Å². The van der Waals surface area contributed by atoms with Crippen molar-refractivity contribution in [2.24, 2.45) is 5.14 Å². The largest absolute Gasteiger partial charge is 0.495 e. The Hall–Kier alpha value is -3.12. The number of halogens is 1. The van der Waals surface area contributed by atoms with Gasteiger partial charge in [-0.2, -0.15) is 0 Å². The van der Waals surface area contributed by atoms with Crippen LogP contribution in [0.3, 0.4) is 0 Å². The highest BCUT2D eigenvalue weighted by atomic mass is 35.5. The first kappa shape index (κ1) is 23.5. The van der Waals surface area contributed by atoms with Crippen LogP contribution in [0.5, 0.6) is 5.75 Å². The summed E-state index contributed by atoms with van der Waals surface area (Å²) in [6.45, 7) is 0. The van der Waals surface area contributed by atoms with Gasteiger partial charge in [0.2, 0.25) is 10.0 Å². The SMILES string of the molecule is COc1ccc(S(=O)(=O)Nc2ccc(S(N)(=O)=O)cc2)cc1NC(=O)c1cccc(Cl)c1. The first-order valence-corrected chi connectivity index (χ1v) is 12.3. The molecule has 4 N–H and O–H groups in total. The molecular formula is C20H18ClN3O6S2. The number of carbonyl (C=O) groups is 1. The molecule has 168 valence electrons. The highest BCUT2D eigenvalue weighted by Crippen LogP contribution is 2.29. The van der Waals surface area contributed by atoms with E-state index in [-0.39, 0.29) is 32.5 Å². The van der Waals surface area contributed by atoms with Crippen LogP contribution in [-0.2, 0) is 20.0 Å². The van der Waals surface area contributed by atoms with Crippen LogP contribution in [-0.4, -0.2) is 29.9 Å². The van der Waals surface area contributed by atoms with Gasteiger partial charge in [-0.05, 0) is 60.7 Å². The number of nitrogens with one attached hydrogen (secondary N) is 2. The van der Waals surface area contributed by atoms with Gasteiger partial charge in [0, 0.05) is 16.3 Å². The minimum Gasteiger partial charge on any atom is -0.495 e. The Kier molecular flexibility index (Phi) is 6.74. The number of methoxy groups -OCH3 is 1. The molecule has 0 saturated carbocycles. The van der Waals surface area contributed by atoms with Gasteiger partial charge in [-0.3, -0.25) is 9.52 Å². The van der Waals surface area contributed by atoms with Crippen LogP contribution in [0, 0.1) is 0 Å². The second-order valence-electron chi connectivity index (χ2n) is 6.50. The number of nitrogens with two attached hydrogens (primary N) is 1. The van der Waals surface area contributed by atoms with Crippen molar-refractivity contribution in [3.8, 4) is 5.75 Å². The summed E-state index contributed by atoms with van der Waals surface area (Å²) >= 11 is 5.91. The van der Waals surface area contributed by atoms with Gasteiger partial charge in [0.15, 0.2) is 0 Å². The maximum Gasteiger partial charge on any atom is 0.261 e. The average molecular weight is 496 g/mol. The fourth-order valence-corrected chi connectivity index (χ4v) is 4.49. The monoisotopic (exact) mass is 495 g/mol. The van der Waals surface area contributed by atoms with Crippen molar-refractivity contribution in [2.45, 2.75) is 9.79 Å². The quantitative estimate of drug-likeness (QED) is 0.459. The van der Waals surface area contributed by atoms with Gasteiger partial charge in [-0.1, -0.05) is 17.7 Å². The lowest BCUT2D eigenvalue weighted by Gasteiger charge is -2.14. The summed E-state index contributed by atoms with van der Waals surface area (Å²) in [5.74, 6) is -0.260. The van der Waals surface area contributed by atoms with E-state index in [1.165, 1.54) is 55.6 Å². The number of sulfonamides is 2. The first-order chi connectivity index (χ1) is 15.0. The van der Waals surface area contributed by atoms with Gasteiger partial charge >= 0.3 is 0 Å². The van der Waals surface area contributed by atoms with Gasteiger partial charge in [-0.25, -0.2) is 22.0 Å². The molecule has 0 aromatic heterocycles. The zero-order chi connectivity index (χ0) is 23.5. The molecule has 32 heavy (non-hydrogen) atoms. The predicted molar refractivity (Wildman–Crippen MR) is 121 cm³/mol. The normalized spacial score (nSPS) is 11.6. The second-order valence-corrected chi connectivity index (χ2v) is 10.2. The molecule has 0 aliphatic carbocycles. The van der Waals surface area contributed by atoms with Crippen molar-refractivity contribution in [3.63, 3.8) is 0 Å². The Bertz CT molecular complexity index is 1370. The molecule has 0 saturated heterocycles. The van der Waals surface area contributed by atoms with Crippen molar-refractivity contribution in [2.75, 3.05) is 17.1 Å². The number of amides is 1. The Morgan fingerprint density at radius 2 is 1.59 bits per heavy atom. The summed E-state index contributed by atoms with van der Waals surface area (Å²) in [6, 6.07) is 15.1. The molecule has 0 aliphatic heterocycles. The third kappa shape index (κ3) is 5.56. The lowest BCUT2D eigenvalue weighted by molar-refractivity contribution is 0.102. The topological polar surface area (TPSA) is 145 Å². The molecular weight excluding hydrogens is 478 g/mol. The van der Waals surface area contributed by atoms with Crippen LogP contribution < -0.4 is 19.9 Å². The van der Waals surface area contributed by atoms with E-state index in [1.54, 1.807) is 18.2 Å². The third-order valence-electron chi connectivity index (χ3n) is 4.25. The van der Waals surface area contributed by atoms with Gasteiger partial charge in [0.05, 0.1) is 22.6 Å². The van der Waals surface area contributed by atoms with Crippen molar-refractivity contribution >= 4 is 48.9 Å². The summed E-state index contributed by atoms with van der Waals surface area (Å²) in [5, 5.41) is 8.02. The van der Waals surface area contributed by atoms with E-state index < -0.39 is 26.0 Å². The second kappa shape index (κ2) is 9.17. The van der Waals surface area contributed by atoms with Crippen molar-refractivity contribution in [1.82, 2.24) is 0 Å². The zero-order valence-corrected chi connectivity index (χ0v) is 19.0. The number of anilines is 2. The fraction of sp³-hybridized carbons (Fsp3) is 0.0500. The molecule has 0 heterocycles. The third-order valence-corrected chi connectivity index (χ3v) is 6.79. The summed E-state index contributed by atoms with van der Waals surface area (Å²) in [5.41, 5.74) is 0.531. The molecule has 0 spiro atoms. The highest BCUT2D eigenvalue weighted by molar-refractivity contribution is 7.92. The molecule has 12 heteroatoms. The number of benzene rings is 3. The van der Waals surface area contributed by atoms with E-state index in [4.69, 9.17) is 21.5 Å². The predicted octanol–water partition coefficient (Wildman–Crippen LogP) is 3.05. The molecule has 0 unspecified atom stereocenters. The number of hydrogen-bond donors (Lipinski definition) is 3. The van der Waals surface area contributed by atoms with Gasteiger partial charge in [0.1, 0.15) is 5.75 Å². The minimum absolute atomic E-state index is 0.123. The summed E-state index contributed by atoms with van der Waals surface area (Å²) < 4.78 is 55.9.